The molecule has 4 nitrogen and oxygen atoms in total. The lowest BCUT2D eigenvalue weighted by Gasteiger charge is -2.13. The van der Waals surface area contributed by atoms with Gasteiger partial charge in [0.15, 0.2) is 0 Å². The van der Waals surface area contributed by atoms with Crippen LogP contribution < -0.4 is 10.0 Å². The van der Waals surface area contributed by atoms with Crippen LogP contribution in [0.2, 0.25) is 0 Å². The first-order valence-electron chi connectivity index (χ1n) is 6.21. The number of benzene rings is 1. The largest absolute Gasteiger partial charge is 0.310 e. The van der Waals surface area contributed by atoms with Gasteiger partial charge in [-0.2, -0.15) is 0 Å². The summed E-state index contributed by atoms with van der Waals surface area (Å²) in [6.07, 6.45) is 2.46. The lowest BCUT2D eigenvalue weighted by atomic mass is 10.1. The highest BCUT2D eigenvalue weighted by molar-refractivity contribution is 7.89. The van der Waals surface area contributed by atoms with Gasteiger partial charge in [0.2, 0.25) is 10.0 Å². The van der Waals surface area contributed by atoms with E-state index in [1.807, 2.05) is 19.9 Å². The molecule has 0 saturated heterocycles. The summed E-state index contributed by atoms with van der Waals surface area (Å²) in [5.74, 6) is 0. The Hall–Kier alpha value is -0.910. The normalized spacial score (nSPS) is 15.9. The molecule has 0 radical (unpaired) electrons. The fraction of sp³-hybridized carbons (Fsp3) is 0.538. The second-order valence-corrected chi connectivity index (χ2v) is 6.76. The molecule has 0 aromatic heterocycles. The van der Waals surface area contributed by atoms with E-state index in [2.05, 4.69) is 10.0 Å². The second kappa shape index (κ2) is 4.99. The minimum Gasteiger partial charge on any atom is -0.310 e. The number of nitrogens with one attached hydrogen (secondary N) is 2. The zero-order valence-corrected chi connectivity index (χ0v) is 11.9. The van der Waals surface area contributed by atoms with Crippen molar-refractivity contribution in [2.45, 2.75) is 44.2 Å². The standard InChI is InChI=1S/C13H20N2O2S/c1-9-6-10(2)13(18(16,17)14-3)7-11(9)8-15-12-4-5-12/h6-7,12,14-15H,4-5,8H2,1-3H3. The number of hydrogen-bond acceptors (Lipinski definition) is 3. The molecule has 1 aromatic carbocycles. The van der Waals surface area contributed by atoms with Gasteiger partial charge >= 0.3 is 0 Å². The van der Waals surface area contributed by atoms with Gasteiger partial charge in [-0.15, -0.1) is 0 Å². The smallest absolute Gasteiger partial charge is 0.240 e. The molecule has 5 heteroatoms. The Morgan fingerprint density at radius 3 is 2.44 bits per heavy atom. The third-order valence-electron chi connectivity index (χ3n) is 3.35. The molecule has 2 N–H and O–H groups in total. The Bertz CT molecular complexity index is 548. The molecule has 1 aromatic rings. The fourth-order valence-electron chi connectivity index (χ4n) is 2.01. The van der Waals surface area contributed by atoms with Crippen LogP contribution in [0.3, 0.4) is 0 Å². The van der Waals surface area contributed by atoms with Gasteiger partial charge in [0, 0.05) is 12.6 Å². The molecular weight excluding hydrogens is 248 g/mol. The third-order valence-corrected chi connectivity index (χ3v) is 4.91. The van der Waals surface area contributed by atoms with E-state index in [0.717, 1.165) is 23.2 Å². The molecule has 0 atom stereocenters. The van der Waals surface area contributed by atoms with Crippen LogP contribution in [-0.4, -0.2) is 21.5 Å². The molecule has 2 rings (SSSR count). The lowest BCUT2D eigenvalue weighted by molar-refractivity contribution is 0.587. The van der Waals surface area contributed by atoms with Crippen LogP contribution >= 0.6 is 0 Å². The Labute approximate surface area is 109 Å². The van der Waals surface area contributed by atoms with E-state index in [4.69, 9.17) is 0 Å². The summed E-state index contributed by atoms with van der Waals surface area (Å²) in [5, 5.41) is 3.41. The minimum atomic E-state index is -3.37. The van der Waals surface area contributed by atoms with Gasteiger partial charge < -0.3 is 5.32 Å². The Morgan fingerprint density at radius 1 is 1.22 bits per heavy atom. The highest BCUT2D eigenvalue weighted by Gasteiger charge is 2.21. The van der Waals surface area contributed by atoms with Gasteiger partial charge in [-0.3, -0.25) is 0 Å². The molecular formula is C13H20N2O2S. The molecule has 1 fully saturated rings. The van der Waals surface area contributed by atoms with Gasteiger partial charge in [0.25, 0.3) is 0 Å². The van der Waals surface area contributed by atoms with Gasteiger partial charge in [-0.25, -0.2) is 13.1 Å². The molecule has 0 bridgehead atoms. The fourth-order valence-corrected chi connectivity index (χ4v) is 3.01. The molecule has 0 spiro atoms. The van der Waals surface area contributed by atoms with Crippen molar-refractivity contribution < 1.29 is 8.42 Å². The van der Waals surface area contributed by atoms with Crippen molar-refractivity contribution in [1.82, 2.24) is 10.0 Å². The Kier molecular flexibility index (Phi) is 3.75. The van der Waals surface area contributed by atoms with Crippen molar-refractivity contribution in [2.24, 2.45) is 0 Å². The van der Waals surface area contributed by atoms with Crippen LogP contribution in [0.15, 0.2) is 17.0 Å². The van der Waals surface area contributed by atoms with Gasteiger partial charge in [0.1, 0.15) is 0 Å². The molecule has 1 aliphatic rings. The molecule has 100 valence electrons. The highest BCUT2D eigenvalue weighted by Crippen LogP contribution is 2.23. The Balaban J connectivity index is 2.32. The molecule has 18 heavy (non-hydrogen) atoms. The van der Waals surface area contributed by atoms with Crippen LogP contribution in [0.25, 0.3) is 0 Å². The second-order valence-electron chi connectivity index (χ2n) is 4.91. The van der Waals surface area contributed by atoms with Crippen molar-refractivity contribution in [3.05, 3.63) is 28.8 Å². The van der Waals surface area contributed by atoms with Crippen molar-refractivity contribution in [1.29, 1.82) is 0 Å². The van der Waals surface area contributed by atoms with E-state index in [0.29, 0.717) is 10.9 Å². The van der Waals surface area contributed by atoms with E-state index >= 15 is 0 Å². The maximum Gasteiger partial charge on any atom is 0.240 e. The monoisotopic (exact) mass is 268 g/mol. The van der Waals surface area contributed by atoms with Gasteiger partial charge in [-0.05, 0) is 56.5 Å². The maximum atomic E-state index is 11.9. The molecule has 1 aliphatic carbocycles. The Morgan fingerprint density at radius 2 is 1.89 bits per heavy atom. The topological polar surface area (TPSA) is 58.2 Å². The maximum absolute atomic E-state index is 11.9. The predicted molar refractivity (Wildman–Crippen MR) is 72.0 cm³/mol. The number of aryl methyl sites for hydroxylation is 2. The van der Waals surface area contributed by atoms with E-state index in [-0.39, 0.29) is 0 Å². The zero-order chi connectivity index (χ0) is 13.3. The molecule has 1 saturated carbocycles. The van der Waals surface area contributed by atoms with E-state index in [9.17, 15) is 8.42 Å². The van der Waals surface area contributed by atoms with Crippen molar-refractivity contribution in [2.75, 3.05) is 7.05 Å². The molecule has 0 amide bonds. The predicted octanol–water partition coefficient (Wildman–Crippen LogP) is 1.46. The third kappa shape index (κ3) is 2.91. The van der Waals surface area contributed by atoms with Gasteiger partial charge in [0.05, 0.1) is 4.90 Å². The first kappa shape index (κ1) is 13.5. The molecule has 0 heterocycles. The molecule has 0 unspecified atom stereocenters. The lowest BCUT2D eigenvalue weighted by Crippen LogP contribution is -2.21. The van der Waals surface area contributed by atoms with Crippen LogP contribution in [-0.2, 0) is 16.6 Å². The molecule has 0 aliphatic heterocycles. The SMILES string of the molecule is CNS(=O)(=O)c1cc(CNC2CC2)c(C)cc1C. The van der Waals surface area contributed by atoms with E-state index in [1.165, 1.54) is 19.9 Å². The van der Waals surface area contributed by atoms with Crippen LogP contribution in [0, 0.1) is 13.8 Å². The average Bonchev–Trinajstić information content (AvgIpc) is 3.11. The number of rotatable bonds is 5. The summed E-state index contributed by atoms with van der Waals surface area (Å²) in [6, 6.07) is 4.34. The van der Waals surface area contributed by atoms with E-state index < -0.39 is 10.0 Å². The quantitative estimate of drug-likeness (QED) is 0.850. The van der Waals surface area contributed by atoms with Crippen molar-refractivity contribution in [3.63, 3.8) is 0 Å². The first-order chi connectivity index (χ1) is 8.44. The summed E-state index contributed by atoms with van der Waals surface area (Å²) in [6.45, 7) is 4.59. The van der Waals surface area contributed by atoms with Crippen LogP contribution in [0.5, 0.6) is 0 Å². The van der Waals surface area contributed by atoms with Crippen LogP contribution in [0.4, 0.5) is 0 Å². The van der Waals surface area contributed by atoms with Crippen LogP contribution in [0.1, 0.15) is 29.5 Å². The van der Waals surface area contributed by atoms with E-state index in [1.54, 1.807) is 6.07 Å². The van der Waals surface area contributed by atoms with Gasteiger partial charge in [-0.1, -0.05) is 6.07 Å². The number of sulfonamides is 1. The van der Waals surface area contributed by atoms with Crippen molar-refractivity contribution in [3.8, 4) is 0 Å². The zero-order valence-electron chi connectivity index (χ0n) is 11.1. The summed E-state index contributed by atoms with van der Waals surface area (Å²) < 4.78 is 26.2. The number of hydrogen-bond donors (Lipinski definition) is 2. The van der Waals surface area contributed by atoms with Crippen molar-refractivity contribution >= 4 is 10.0 Å². The summed E-state index contributed by atoms with van der Waals surface area (Å²) in [4.78, 5) is 0.378. The highest BCUT2D eigenvalue weighted by atomic mass is 32.2. The first-order valence-corrected chi connectivity index (χ1v) is 7.69. The minimum absolute atomic E-state index is 0.378. The summed E-state index contributed by atoms with van der Waals surface area (Å²) in [5.41, 5.74) is 2.98. The summed E-state index contributed by atoms with van der Waals surface area (Å²) >= 11 is 0. The summed E-state index contributed by atoms with van der Waals surface area (Å²) in [7, 11) is -1.93. The average molecular weight is 268 g/mol.